The van der Waals surface area contributed by atoms with Gasteiger partial charge in [-0.15, -0.1) is 0 Å². The minimum atomic E-state index is 0.0736. The fraction of sp³-hybridized carbons (Fsp3) is 0.562. The van der Waals surface area contributed by atoms with Crippen molar-refractivity contribution < 1.29 is 19.2 Å². The summed E-state index contributed by atoms with van der Waals surface area (Å²) < 4.78 is 10.6. The van der Waals surface area contributed by atoms with Crippen molar-refractivity contribution in [3.05, 3.63) is 18.2 Å². The molecule has 0 saturated carbocycles. The standard InChI is InChI=1S/C16H22N2O3/c19-16(11-18-8-4-2-1-3-5-9-18)17-13-6-7-14-15(10-13)21-12-20-14/h6-7,10H,1-5,8-9,11-12H2,(H,17,19)/p+1. The fourth-order valence-electron chi connectivity index (χ4n) is 2.99. The van der Waals surface area contributed by atoms with E-state index in [0.717, 1.165) is 24.5 Å². The molecule has 1 fully saturated rings. The van der Waals surface area contributed by atoms with Crippen LogP contribution in [0.1, 0.15) is 32.1 Å². The number of carbonyl (C=O) groups excluding carboxylic acids is 1. The highest BCUT2D eigenvalue weighted by Crippen LogP contribution is 2.34. The maximum absolute atomic E-state index is 12.2. The second-order valence-electron chi connectivity index (χ2n) is 5.81. The Balaban J connectivity index is 1.53. The molecular weight excluding hydrogens is 268 g/mol. The van der Waals surface area contributed by atoms with Gasteiger partial charge in [0, 0.05) is 11.8 Å². The molecule has 2 aliphatic heterocycles. The third kappa shape index (κ3) is 3.88. The molecule has 1 aromatic carbocycles. The third-order valence-electron chi connectivity index (χ3n) is 4.13. The van der Waals surface area contributed by atoms with Crippen molar-refractivity contribution in [2.45, 2.75) is 32.1 Å². The number of carbonyl (C=O) groups is 1. The maximum atomic E-state index is 12.2. The van der Waals surface area contributed by atoms with Crippen molar-refractivity contribution in [3.63, 3.8) is 0 Å². The molecule has 0 atom stereocenters. The van der Waals surface area contributed by atoms with Crippen molar-refractivity contribution in [3.8, 4) is 11.5 Å². The van der Waals surface area contributed by atoms with Crippen LogP contribution in [0.5, 0.6) is 11.5 Å². The summed E-state index contributed by atoms with van der Waals surface area (Å²) in [7, 11) is 0. The lowest BCUT2D eigenvalue weighted by Crippen LogP contribution is -3.13. The molecule has 2 N–H and O–H groups in total. The van der Waals surface area contributed by atoms with Crippen molar-refractivity contribution in [2.75, 3.05) is 31.7 Å². The van der Waals surface area contributed by atoms with E-state index in [1.54, 1.807) is 0 Å². The van der Waals surface area contributed by atoms with Gasteiger partial charge >= 0.3 is 0 Å². The zero-order valence-corrected chi connectivity index (χ0v) is 12.3. The average Bonchev–Trinajstić information content (AvgIpc) is 2.89. The van der Waals surface area contributed by atoms with Crippen LogP contribution in [0, 0.1) is 0 Å². The van der Waals surface area contributed by atoms with Crippen LogP contribution in [0.2, 0.25) is 0 Å². The van der Waals surface area contributed by atoms with Crippen LogP contribution < -0.4 is 19.7 Å². The van der Waals surface area contributed by atoms with Crippen LogP contribution in [-0.2, 0) is 4.79 Å². The van der Waals surface area contributed by atoms with Crippen LogP contribution in [0.15, 0.2) is 18.2 Å². The monoisotopic (exact) mass is 291 g/mol. The molecule has 1 saturated heterocycles. The predicted octanol–water partition coefficient (Wildman–Crippen LogP) is 1.20. The van der Waals surface area contributed by atoms with Gasteiger partial charge in [0.05, 0.1) is 13.1 Å². The lowest BCUT2D eigenvalue weighted by Gasteiger charge is -2.21. The fourth-order valence-corrected chi connectivity index (χ4v) is 2.99. The maximum Gasteiger partial charge on any atom is 0.279 e. The summed E-state index contributed by atoms with van der Waals surface area (Å²) >= 11 is 0. The largest absolute Gasteiger partial charge is 0.454 e. The summed E-state index contributed by atoms with van der Waals surface area (Å²) in [5.41, 5.74) is 0.774. The number of rotatable bonds is 3. The van der Waals surface area contributed by atoms with Crippen molar-refractivity contribution in [1.29, 1.82) is 0 Å². The zero-order chi connectivity index (χ0) is 14.5. The Morgan fingerprint density at radius 2 is 1.76 bits per heavy atom. The summed E-state index contributed by atoms with van der Waals surface area (Å²) in [6, 6.07) is 5.51. The number of anilines is 1. The third-order valence-corrected chi connectivity index (χ3v) is 4.13. The molecule has 1 aromatic rings. The van der Waals surface area contributed by atoms with Gasteiger partial charge < -0.3 is 19.7 Å². The van der Waals surface area contributed by atoms with Gasteiger partial charge in [0.15, 0.2) is 18.0 Å². The number of nitrogens with one attached hydrogen (secondary N) is 2. The molecule has 0 unspecified atom stereocenters. The smallest absolute Gasteiger partial charge is 0.279 e. The number of ether oxygens (including phenoxy) is 2. The highest BCUT2D eigenvalue weighted by Gasteiger charge is 2.17. The quantitative estimate of drug-likeness (QED) is 0.880. The average molecular weight is 291 g/mol. The molecule has 2 heterocycles. The van der Waals surface area contributed by atoms with Crippen LogP contribution >= 0.6 is 0 Å². The molecule has 0 spiro atoms. The minimum Gasteiger partial charge on any atom is -0.454 e. The number of fused-ring (bicyclic) bond motifs is 1. The molecule has 0 aromatic heterocycles. The Morgan fingerprint density at radius 1 is 1.05 bits per heavy atom. The zero-order valence-electron chi connectivity index (χ0n) is 12.3. The first kappa shape index (κ1) is 14.2. The molecule has 0 radical (unpaired) electrons. The van der Waals surface area contributed by atoms with E-state index < -0.39 is 0 Å². The second-order valence-corrected chi connectivity index (χ2v) is 5.81. The van der Waals surface area contributed by atoms with Gasteiger partial charge in [0.25, 0.3) is 5.91 Å². The first-order valence-electron chi connectivity index (χ1n) is 7.84. The second kappa shape index (κ2) is 6.80. The Kier molecular flexibility index (Phi) is 4.60. The Labute approximate surface area is 125 Å². The van der Waals surface area contributed by atoms with Gasteiger partial charge in [-0.2, -0.15) is 0 Å². The molecule has 5 heteroatoms. The molecule has 5 nitrogen and oxygen atoms in total. The summed E-state index contributed by atoms with van der Waals surface area (Å²) in [6.45, 7) is 3.02. The first-order chi connectivity index (χ1) is 10.3. The summed E-state index contributed by atoms with van der Waals surface area (Å²) in [6.07, 6.45) is 6.40. The van der Waals surface area contributed by atoms with Crippen molar-refractivity contribution in [1.82, 2.24) is 0 Å². The highest BCUT2D eigenvalue weighted by atomic mass is 16.7. The van der Waals surface area contributed by atoms with Gasteiger partial charge in [-0.25, -0.2) is 0 Å². The molecule has 2 aliphatic rings. The van der Waals surface area contributed by atoms with Crippen LogP contribution in [0.3, 0.4) is 0 Å². The highest BCUT2D eigenvalue weighted by molar-refractivity contribution is 5.91. The molecule has 21 heavy (non-hydrogen) atoms. The van der Waals surface area contributed by atoms with Crippen molar-refractivity contribution in [2.24, 2.45) is 0 Å². The lowest BCUT2D eigenvalue weighted by molar-refractivity contribution is -0.892. The van der Waals surface area contributed by atoms with E-state index in [2.05, 4.69) is 5.32 Å². The van der Waals surface area contributed by atoms with E-state index in [9.17, 15) is 4.79 Å². The molecule has 0 bridgehead atoms. The number of benzene rings is 1. The van der Waals surface area contributed by atoms with E-state index in [1.807, 2.05) is 18.2 Å². The number of amides is 1. The van der Waals surface area contributed by atoms with E-state index in [1.165, 1.54) is 37.0 Å². The summed E-state index contributed by atoms with van der Waals surface area (Å²) in [4.78, 5) is 13.6. The van der Waals surface area contributed by atoms with Gasteiger partial charge in [-0.1, -0.05) is 6.42 Å². The first-order valence-corrected chi connectivity index (χ1v) is 7.84. The molecular formula is C16H23N2O3+. The molecule has 114 valence electrons. The van der Waals surface area contributed by atoms with E-state index in [0.29, 0.717) is 12.3 Å². The Morgan fingerprint density at radius 3 is 2.57 bits per heavy atom. The topological polar surface area (TPSA) is 52.0 Å². The molecule has 0 aliphatic carbocycles. The van der Waals surface area contributed by atoms with Crippen LogP contribution in [-0.4, -0.2) is 32.3 Å². The SMILES string of the molecule is O=C(C[NH+]1CCCCCCC1)Nc1ccc2c(c1)OCO2. The Bertz CT molecular complexity index is 496. The van der Waals surface area contributed by atoms with Crippen molar-refractivity contribution >= 4 is 11.6 Å². The number of hydrogen-bond acceptors (Lipinski definition) is 3. The number of likely N-dealkylation sites (tertiary alicyclic amines) is 1. The van der Waals surface area contributed by atoms with Gasteiger partial charge in [-0.3, -0.25) is 4.79 Å². The van der Waals surface area contributed by atoms with Gasteiger partial charge in [0.1, 0.15) is 0 Å². The van der Waals surface area contributed by atoms with E-state index in [-0.39, 0.29) is 12.7 Å². The molecule has 1 amide bonds. The predicted molar refractivity (Wildman–Crippen MR) is 79.8 cm³/mol. The van der Waals surface area contributed by atoms with Gasteiger partial charge in [-0.05, 0) is 37.8 Å². The number of quaternary nitrogens is 1. The van der Waals surface area contributed by atoms with Gasteiger partial charge in [0.2, 0.25) is 6.79 Å². The summed E-state index contributed by atoms with van der Waals surface area (Å²) in [5, 5.41) is 2.96. The molecule has 3 rings (SSSR count). The van der Waals surface area contributed by atoms with Crippen LogP contribution in [0.4, 0.5) is 5.69 Å². The summed E-state index contributed by atoms with van der Waals surface area (Å²) in [5.74, 6) is 1.51. The Hall–Kier alpha value is -1.75. The number of hydrogen-bond donors (Lipinski definition) is 2. The normalized spacial score (nSPS) is 18.9. The van der Waals surface area contributed by atoms with E-state index in [4.69, 9.17) is 9.47 Å². The van der Waals surface area contributed by atoms with Crippen LogP contribution in [0.25, 0.3) is 0 Å². The minimum absolute atomic E-state index is 0.0736. The lowest BCUT2D eigenvalue weighted by atomic mass is 10.1. The van der Waals surface area contributed by atoms with E-state index >= 15 is 0 Å².